The van der Waals surface area contributed by atoms with Gasteiger partial charge in [0, 0.05) is 11.5 Å². The minimum absolute atomic E-state index is 0.131. The fourth-order valence-electron chi connectivity index (χ4n) is 2.23. The molecule has 1 heterocycles. The van der Waals surface area contributed by atoms with Crippen LogP contribution in [0.5, 0.6) is 0 Å². The Labute approximate surface area is 107 Å². The summed E-state index contributed by atoms with van der Waals surface area (Å²) in [5, 5.41) is 10.1. The molecule has 2 rings (SSSR count). The van der Waals surface area contributed by atoms with Gasteiger partial charge in [0.25, 0.3) is 0 Å². The summed E-state index contributed by atoms with van der Waals surface area (Å²) in [5.74, 6) is 0. The lowest BCUT2D eigenvalue weighted by atomic mass is 9.90. The number of aryl methyl sites for hydroxylation is 1. The van der Waals surface area contributed by atoms with Gasteiger partial charge in [-0.1, -0.05) is 24.9 Å². The largest absolute Gasteiger partial charge is 0.321 e. The highest BCUT2D eigenvalue weighted by atomic mass is 16.1. The van der Waals surface area contributed by atoms with Gasteiger partial charge in [0.15, 0.2) is 0 Å². The topological polar surface area (TPSA) is 56.6 Å². The van der Waals surface area contributed by atoms with E-state index in [1.807, 2.05) is 20.0 Å². The quantitative estimate of drug-likeness (QED) is 0.811. The summed E-state index contributed by atoms with van der Waals surface area (Å²) >= 11 is 0. The van der Waals surface area contributed by atoms with E-state index in [0.717, 1.165) is 35.7 Å². The molecule has 2 aromatic rings. The minimum Gasteiger partial charge on any atom is -0.321 e. The number of benzene rings is 1. The van der Waals surface area contributed by atoms with Gasteiger partial charge in [-0.25, -0.2) is 0 Å². The second-order valence-corrected chi connectivity index (χ2v) is 4.61. The monoisotopic (exact) mass is 238 g/mol. The lowest BCUT2D eigenvalue weighted by Gasteiger charge is -2.08. The van der Waals surface area contributed by atoms with E-state index in [1.54, 1.807) is 6.07 Å². The molecule has 1 aromatic carbocycles. The van der Waals surface area contributed by atoms with Crippen molar-refractivity contribution < 1.29 is 0 Å². The molecule has 4 heteroatoms. The van der Waals surface area contributed by atoms with Crippen LogP contribution >= 0.6 is 0 Å². The Balaban J connectivity index is 2.75. The summed E-state index contributed by atoms with van der Waals surface area (Å²) in [4.78, 5) is 14.4. The average Bonchev–Trinajstić information content (AvgIpc) is 2.35. The van der Waals surface area contributed by atoms with E-state index >= 15 is 0 Å². The molecule has 0 aliphatic heterocycles. The highest BCUT2D eigenvalue weighted by Gasteiger charge is 2.08. The van der Waals surface area contributed by atoms with Crippen molar-refractivity contribution in [3.8, 4) is 6.07 Å². The van der Waals surface area contributed by atoms with Crippen molar-refractivity contribution in [2.75, 3.05) is 0 Å². The van der Waals surface area contributed by atoms with Crippen molar-refractivity contribution in [1.82, 2.24) is 4.98 Å². The Hall–Kier alpha value is -2.02. The maximum absolute atomic E-state index is 11.7. The number of aromatic nitrogens is 1. The summed E-state index contributed by atoms with van der Waals surface area (Å²) < 4.78 is 0. The second kappa shape index (κ2) is 5.09. The zero-order valence-electron chi connectivity index (χ0n) is 10.7. The minimum atomic E-state index is -0.131. The molecule has 0 aliphatic carbocycles. The number of fused-ring (bicyclic) bond motifs is 1. The molecule has 0 radical (unpaired) electrons. The first kappa shape index (κ1) is 12.4. The van der Waals surface area contributed by atoms with Crippen LogP contribution in [0.2, 0.25) is 0 Å². The molecule has 0 spiro atoms. The third kappa shape index (κ3) is 2.30. The van der Waals surface area contributed by atoms with Crippen LogP contribution in [0.1, 0.15) is 30.9 Å². The second-order valence-electron chi connectivity index (χ2n) is 4.61. The third-order valence-corrected chi connectivity index (χ3v) is 3.10. The molecule has 0 atom stereocenters. The summed E-state index contributed by atoms with van der Waals surface area (Å²) in [7, 11) is 1.97. The van der Waals surface area contributed by atoms with E-state index in [4.69, 9.17) is 5.26 Å². The summed E-state index contributed by atoms with van der Waals surface area (Å²) in [6.45, 7) is 2.13. The van der Waals surface area contributed by atoms with E-state index in [-0.39, 0.29) is 5.56 Å². The molecule has 18 heavy (non-hydrogen) atoms. The first-order chi connectivity index (χ1) is 8.65. The highest BCUT2D eigenvalue weighted by molar-refractivity contribution is 6.33. The van der Waals surface area contributed by atoms with Gasteiger partial charge in [0.2, 0.25) is 5.56 Å². The summed E-state index contributed by atoms with van der Waals surface area (Å²) in [6.07, 6.45) is 3.02. The van der Waals surface area contributed by atoms with Gasteiger partial charge in [0.1, 0.15) is 13.9 Å². The molecule has 0 fully saturated rings. The van der Waals surface area contributed by atoms with Crippen molar-refractivity contribution in [1.29, 1.82) is 5.26 Å². The SMILES string of the molecule is Bc1cc(C#N)c2[nH]c(=O)cc(CCCC)c2c1. The van der Waals surface area contributed by atoms with Crippen LogP contribution < -0.4 is 11.0 Å². The van der Waals surface area contributed by atoms with Crippen LogP contribution in [-0.4, -0.2) is 12.8 Å². The Morgan fingerprint density at radius 1 is 1.39 bits per heavy atom. The van der Waals surface area contributed by atoms with E-state index in [2.05, 4.69) is 18.0 Å². The molecular weight excluding hydrogens is 223 g/mol. The average molecular weight is 238 g/mol. The Kier molecular flexibility index (Phi) is 3.52. The number of hydrogen-bond acceptors (Lipinski definition) is 2. The van der Waals surface area contributed by atoms with Gasteiger partial charge in [-0.15, -0.1) is 0 Å². The van der Waals surface area contributed by atoms with Crippen molar-refractivity contribution in [3.05, 3.63) is 39.7 Å². The van der Waals surface area contributed by atoms with Crippen molar-refractivity contribution in [2.45, 2.75) is 26.2 Å². The molecule has 0 unspecified atom stereocenters. The molecule has 0 bridgehead atoms. The molecule has 0 amide bonds. The Morgan fingerprint density at radius 3 is 2.83 bits per heavy atom. The van der Waals surface area contributed by atoms with Crippen LogP contribution in [0.4, 0.5) is 0 Å². The lowest BCUT2D eigenvalue weighted by molar-refractivity contribution is 0.797. The lowest BCUT2D eigenvalue weighted by Crippen LogP contribution is -2.11. The zero-order valence-corrected chi connectivity index (χ0v) is 10.7. The molecule has 0 saturated heterocycles. The fourth-order valence-corrected chi connectivity index (χ4v) is 2.23. The highest BCUT2D eigenvalue weighted by Crippen LogP contribution is 2.18. The van der Waals surface area contributed by atoms with Gasteiger partial charge < -0.3 is 4.98 Å². The normalized spacial score (nSPS) is 10.4. The molecule has 90 valence electrons. The van der Waals surface area contributed by atoms with E-state index < -0.39 is 0 Å². The van der Waals surface area contributed by atoms with E-state index in [9.17, 15) is 4.79 Å². The Morgan fingerprint density at radius 2 is 2.17 bits per heavy atom. The van der Waals surface area contributed by atoms with Gasteiger partial charge in [-0.2, -0.15) is 5.26 Å². The van der Waals surface area contributed by atoms with E-state index in [1.165, 1.54) is 0 Å². The Bertz CT molecular complexity index is 682. The molecule has 1 aromatic heterocycles. The van der Waals surface area contributed by atoms with Gasteiger partial charge in [0.05, 0.1) is 11.1 Å². The van der Waals surface area contributed by atoms with Gasteiger partial charge in [-0.3, -0.25) is 4.79 Å². The molecule has 0 saturated carbocycles. The fraction of sp³-hybridized carbons (Fsp3) is 0.286. The first-order valence-electron chi connectivity index (χ1n) is 6.22. The number of nitriles is 1. The number of pyridine rings is 1. The van der Waals surface area contributed by atoms with Crippen molar-refractivity contribution in [3.63, 3.8) is 0 Å². The molecule has 1 N–H and O–H groups in total. The number of hydrogen-bond donors (Lipinski definition) is 1. The van der Waals surface area contributed by atoms with Crippen LogP contribution in [0.3, 0.4) is 0 Å². The molecular formula is C14H15BN2O. The van der Waals surface area contributed by atoms with Crippen molar-refractivity contribution in [2.24, 2.45) is 0 Å². The maximum Gasteiger partial charge on any atom is 0.248 e. The predicted molar refractivity (Wildman–Crippen MR) is 76.1 cm³/mol. The predicted octanol–water partition coefficient (Wildman–Crippen LogP) is 1.00. The van der Waals surface area contributed by atoms with Crippen LogP contribution in [0.25, 0.3) is 10.9 Å². The van der Waals surface area contributed by atoms with Crippen LogP contribution in [0, 0.1) is 11.3 Å². The summed E-state index contributed by atoms with van der Waals surface area (Å²) in [5.41, 5.74) is 3.16. The van der Waals surface area contributed by atoms with E-state index in [0.29, 0.717) is 11.1 Å². The maximum atomic E-state index is 11.7. The number of aromatic amines is 1. The smallest absolute Gasteiger partial charge is 0.248 e. The number of H-pyrrole nitrogens is 1. The first-order valence-corrected chi connectivity index (χ1v) is 6.22. The number of unbranched alkanes of at least 4 members (excludes halogenated alkanes) is 1. The molecule has 3 nitrogen and oxygen atoms in total. The number of nitrogens with zero attached hydrogens (tertiary/aromatic N) is 1. The van der Waals surface area contributed by atoms with Crippen molar-refractivity contribution >= 4 is 24.2 Å². The molecule has 0 aliphatic rings. The number of rotatable bonds is 3. The number of nitrogens with one attached hydrogen (secondary N) is 1. The summed E-state index contributed by atoms with van der Waals surface area (Å²) in [6, 6.07) is 7.65. The third-order valence-electron chi connectivity index (χ3n) is 3.10. The standard InChI is InChI=1S/C14H15BN2O/c1-2-3-4-9-6-13(18)17-14-10(8-16)5-11(15)7-12(9)14/h5-7H,2-4,15H2,1H3,(H,17,18). The van der Waals surface area contributed by atoms with Crippen LogP contribution in [-0.2, 0) is 6.42 Å². The zero-order chi connectivity index (χ0) is 13.1. The van der Waals surface area contributed by atoms with Gasteiger partial charge in [-0.05, 0) is 24.5 Å². The van der Waals surface area contributed by atoms with Gasteiger partial charge >= 0.3 is 0 Å². The van der Waals surface area contributed by atoms with Crippen LogP contribution in [0.15, 0.2) is 23.0 Å².